The molecular weight excluding hydrogens is 466 g/mol. The molecule has 0 bridgehead atoms. The molecule has 0 spiro atoms. The van der Waals surface area contributed by atoms with Gasteiger partial charge in [-0.25, -0.2) is 9.78 Å². The van der Waals surface area contributed by atoms with Crippen molar-refractivity contribution in [3.63, 3.8) is 0 Å². The van der Waals surface area contributed by atoms with E-state index < -0.39 is 0 Å². The van der Waals surface area contributed by atoms with E-state index in [9.17, 15) is 14.9 Å². The summed E-state index contributed by atoms with van der Waals surface area (Å²) in [6.45, 7) is 0. The van der Waals surface area contributed by atoms with Gasteiger partial charge in [-0.2, -0.15) is 5.26 Å². The number of aryl methyl sites for hydroxylation is 3. The topological polar surface area (TPSA) is 92.1 Å². The van der Waals surface area contributed by atoms with Crippen molar-refractivity contribution < 1.29 is 14.3 Å². The van der Waals surface area contributed by atoms with Crippen LogP contribution in [0.15, 0.2) is 11.1 Å². The number of carbonyl (C=O) groups is 2. The van der Waals surface area contributed by atoms with Crippen LogP contribution in [-0.2, 0) is 35.2 Å². The second-order valence-corrected chi connectivity index (χ2v) is 11.1. The van der Waals surface area contributed by atoms with Crippen molar-refractivity contribution in [3.8, 4) is 6.07 Å². The number of nitriles is 1. The minimum Gasteiger partial charge on any atom is -0.465 e. The average molecular weight is 498 g/mol. The third-order valence-electron chi connectivity index (χ3n) is 6.52. The zero-order valence-electron chi connectivity index (χ0n) is 19.7. The molecule has 180 valence electrons. The van der Waals surface area contributed by atoms with Crippen molar-refractivity contribution in [1.82, 2.24) is 4.98 Å². The van der Waals surface area contributed by atoms with Crippen LogP contribution in [-0.4, -0.2) is 29.7 Å². The number of aromatic nitrogens is 1. The minimum absolute atomic E-state index is 0.140. The summed E-state index contributed by atoms with van der Waals surface area (Å²) in [5, 5.41) is 13.9. The quantitative estimate of drug-likeness (QED) is 0.306. The highest BCUT2D eigenvalue weighted by Crippen LogP contribution is 2.38. The van der Waals surface area contributed by atoms with Crippen molar-refractivity contribution in [2.45, 2.75) is 82.1 Å². The van der Waals surface area contributed by atoms with Crippen LogP contribution >= 0.6 is 23.1 Å². The lowest BCUT2D eigenvalue weighted by molar-refractivity contribution is -0.115. The van der Waals surface area contributed by atoms with E-state index in [1.165, 1.54) is 53.5 Å². The molecule has 0 radical (unpaired) electrons. The highest BCUT2D eigenvalue weighted by Gasteiger charge is 2.26. The van der Waals surface area contributed by atoms with Gasteiger partial charge in [-0.15, -0.1) is 23.1 Å². The normalized spacial score (nSPS) is 15.6. The number of nitrogens with zero attached hydrogens (tertiary/aromatic N) is 2. The van der Waals surface area contributed by atoms with E-state index in [1.54, 1.807) is 0 Å². The molecule has 6 nitrogen and oxygen atoms in total. The van der Waals surface area contributed by atoms with Crippen LogP contribution in [0.5, 0.6) is 0 Å². The summed E-state index contributed by atoms with van der Waals surface area (Å²) in [6, 6.07) is 4.28. The van der Waals surface area contributed by atoms with Crippen molar-refractivity contribution in [2.75, 3.05) is 18.2 Å². The van der Waals surface area contributed by atoms with Gasteiger partial charge in [0.2, 0.25) is 5.91 Å². The molecule has 34 heavy (non-hydrogen) atoms. The van der Waals surface area contributed by atoms with Crippen molar-refractivity contribution in [2.24, 2.45) is 0 Å². The standard InChI is InChI=1S/C26H31N3O3S2/c1-32-26(31)23-19-10-6-4-8-12-21(19)34-25(23)29-22(30)13-14-33-24-18(16-27)15-17-9-5-2-3-7-11-20(17)28-24/h15H,2-14H2,1H3,(H,29,30). The van der Waals surface area contributed by atoms with E-state index in [0.29, 0.717) is 26.9 Å². The second kappa shape index (κ2) is 11.9. The molecule has 8 heteroatoms. The van der Waals surface area contributed by atoms with Crippen LogP contribution in [0.1, 0.15) is 89.0 Å². The smallest absolute Gasteiger partial charge is 0.341 e. The summed E-state index contributed by atoms with van der Waals surface area (Å²) in [4.78, 5) is 31.2. The number of hydrogen-bond donors (Lipinski definition) is 1. The number of ether oxygens (including phenoxy) is 1. The molecular formula is C26H31N3O3S2. The number of pyridine rings is 1. The Hall–Kier alpha value is -2.37. The molecule has 4 rings (SSSR count). The molecule has 1 N–H and O–H groups in total. The Kier molecular flexibility index (Phi) is 8.63. The number of anilines is 1. The minimum atomic E-state index is -0.382. The van der Waals surface area contributed by atoms with Gasteiger partial charge < -0.3 is 10.1 Å². The summed E-state index contributed by atoms with van der Waals surface area (Å²) in [5.41, 5.74) is 4.47. The SMILES string of the molecule is COC(=O)c1c(NC(=O)CCSc2nc3c(cc2C#N)CCCCCC3)sc2c1CCCCC2. The molecule has 2 aromatic heterocycles. The fourth-order valence-electron chi connectivity index (χ4n) is 4.74. The summed E-state index contributed by atoms with van der Waals surface area (Å²) in [7, 11) is 1.38. The van der Waals surface area contributed by atoms with E-state index >= 15 is 0 Å². The van der Waals surface area contributed by atoms with Crippen molar-refractivity contribution in [3.05, 3.63) is 38.9 Å². The molecule has 0 saturated heterocycles. The van der Waals surface area contributed by atoms with Gasteiger partial charge in [0.05, 0.1) is 18.2 Å². The van der Waals surface area contributed by atoms with Crippen LogP contribution in [0.2, 0.25) is 0 Å². The van der Waals surface area contributed by atoms with Crippen molar-refractivity contribution >= 4 is 40.0 Å². The van der Waals surface area contributed by atoms with Gasteiger partial charge >= 0.3 is 5.97 Å². The first kappa shape index (κ1) is 24.7. The first-order valence-electron chi connectivity index (χ1n) is 12.2. The molecule has 1 amide bonds. The Labute approximate surface area is 209 Å². The number of nitrogens with one attached hydrogen (secondary N) is 1. The molecule has 0 aliphatic heterocycles. The first-order valence-corrected chi connectivity index (χ1v) is 14.0. The van der Waals surface area contributed by atoms with Gasteiger partial charge in [0.15, 0.2) is 0 Å². The van der Waals surface area contributed by atoms with Crippen LogP contribution in [0.3, 0.4) is 0 Å². The number of fused-ring (bicyclic) bond motifs is 2. The van der Waals surface area contributed by atoms with Gasteiger partial charge in [0, 0.05) is 22.7 Å². The molecule has 2 heterocycles. The highest BCUT2D eigenvalue weighted by molar-refractivity contribution is 7.99. The van der Waals surface area contributed by atoms with Crippen LogP contribution in [0.4, 0.5) is 5.00 Å². The lowest BCUT2D eigenvalue weighted by Gasteiger charge is -2.15. The van der Waals surface area contributed by atoms with Crippen LogP contribution in [0.25, 0.3) is 0 Å². The first-order chi connectivity index (χ1) is 16.6. The van der Waals surface area contributed by atoms with Gasteiger partial charge in [-0.05, 0) is 68.6 Å². The van der Waals surface area contributed by atoms with E-state index in [0.717, 1.165) is 69.0 Å². The summed E-state index contributed by atoms with van der Waals surface area (Å²) < 4.78 is 5.02. The molecule has 0 saturated carbocycles. The molecule has 0 fully saturated rings. The Bertz CT molecular complexity index is 1100. The third kappa shape index (κ3) is 5.81. The van der Waals surface area contributed by atoms with Crippen molar-refractivity contribution in [1.29, 1.82) is 5.26 Å². The molecule has 2 aliphatic rings. The van der Waals surface area contributed by atoms with Gasteiger partial charge in [-0.1, -0.05) is 19.3 Å². The summed E-state index contributed by atoms with van der Waals surface area (Å²) >= 11 is 2.97. The number of esters is 1. The predicted molar refractivity (Wildman–Crippen MR) is 136 cm³/mol. The summed E-state index contributed by atoms with van der Waals surface area (Å²) in [6.07, 6.45) is 12.0. The number of carbonyl (C=O) groups excluding carboxylic acids is 2. The zero-order chi connectivity index (χ0) is 23.9. The highest BCUT2D eigenvalue weighted by atomic mass is 32.2. The van der Waals surface area contributed by atoms with E-state index in [-0.39, 0.29) is 18.3 Å². The molecule has 0 atom stereocenters. The largest absolute Gasteiger partial charge is 0.465 e. The number of methoxy groups -OCH3 is 1. The van der Waals surface area contributed by atoms with Gasteiger partial charge in [0.1, 0.15) is 16.1 Å². The van der Waals surface area contributed by atoms with Gasteiger partial charge in [0.25, 0.3) is 0 Å². The van der Waals surface area contributed by atoms with E-state index in [4.69, 9.17) is 9.72 Å². The maximum absolute atomic E-state index is 12.8. The Morgan fingerprint density at radius 2 is 1.85 bits per heavy atom. The fraction of sp³-hybridized carbons (Fsp3) is 0.538. The van der Waals surface area contributed by atoms with E-state index in [2.05, 4.69) is 11.4 Å². The Morgan fingerprint density at radius 3 is 2.65 bits per heavy atom. The van der Waals surface area contributed by atoms with Crippen LogP contribution in [0, 0.1) is 11.3 Å². The Balaban J connectivity index is 1.42. The number of hydrogen-bond acceptors (Lipinski definition) is 7. The predicted octanol–water partition coefficient (Wildman–Crippen LogP) is 5.85. The number of rotatable bonds is 6. The number of amides is 1. The van der Waals surface area contributed by atoms with E-state index in [1.807, 2.05) is 6.07 Å². The number of thiophene rings is 1. The summed E-state index contributed by atoms with van der Waals surface area (Å²) in [5.74, 6) is -0.00293. The maximum Gasteiger partial charge on any atom is 0.341 e. The molecule has 2 aromatic rings. The lowest BCUT2D eigenvalue weighted by atomic mass is 9.96. The molecule has 2 aliphatic carbocycles. The molecule has 0 unspecified atom stereocenters. The lowest BCUT2D eigenvalue weighted by Crippen LogP contribution is -2.15. The fourth-order valence-corrected chi connectivity index (χ4v) is 6.95. The second-order valence-electron chi connectivity index (χ2n) is 8.88. The third-order valence-corrected chi connectivity index (χ3v) is 8.72. The Morgan fingerprint density at radius 1 is 1.12 bits per heavy atom. The zero-order valence-corrected chi connectivity index (χ0v) is 21.3. The maximum atomic E-state index is 12.8. The average Bonchev–Trinajstić information content (AvgIpc) is 2.99. The molecule has 0 aromatic carbocycles. The number of thioether (sulfide) groups is 1. The monoisotopic (exact) mass is 497 g/mol. The van der Waals surface area contributed by atoms with Gasteiger partial charge in [-0.3, -0.25) is 4.79 Å². The van der Waals surface area contributed by atoms with Crippen LogP contribution < -0.4 is 5.32 Å².